The normalized spacial score (nSPS) is 28.7. The van der Waals surface area contributed by atoms with Crippen molar-refractivity contribution >= 4 is 11.8 Å². The summed E-state index contributed by atoms with van der Waals surface area (Å²) in [5.74, 6) is -1.42. The van der Waals surface area contributed by atoms with Gasteiger partial charge in [0.25, 0.3) is 0 Å². The van der Waals surface area contributed by atoms with Crippen molar-refractivity contribution in [2.24, 2.45) is 0 Å². The number of allylic oxidation sites excluding steroid dienone is 1. The molecule has 4 nitrogen and oxygen atoms in total. The molecule has 1 rings (SSSR count). The fraction of sp³-hybridized carbons (Fsp3) is 0.500. The Morgan fingerprint density at radius 3 is 2.92 bits per heavy atom. The molecule has 0 aromatic heterocycles. The minimum atomic E-state index is -2.03. The van der Waals surface area contributed by atoms with Crippen LogP contribution in [0.2, 0.25) is 0 Å². The first kappa shape index (κ1) is 8.93. The Kier molecular flexibility index (Phi) is 2.28. The van der Waals surface area contributed by atoms with E-state index in [1.807, 2.05) is 0 Å². The Hall–Kier alpha value is -1.16. The number of methoxy groups -OCH3 is 1. The number of hydrogen-bond donors (Lipinski definition) is 1. The molecular formula is C8H10O4. The lowest BCUT2D eigenvalue weighted by Crippen LogP contribution is -2.46. The Labute approximate surface area is 69.8 Å². The average molecular weight is 170 g/mol. The number of Topliss-reactive ketones (excluding diaryl/α,β-unsaturated/α-hetero) is 1. The van der Waals surface area contributed by atoms with E-state index in [9.17, 15) is 14.7 Å². The van der Waals surface area contributed by atoms with Crippen LogP contribution in [0.25, 0.3) is 0 Å². The standard InChI is InChI=1S/C8H10O4/c1-12-7(10)8(11)5-3-2-4-6(8)9/h3,5,11H,2,4H2,1H3. The van der Waals surface area contributed by atoms with Gasteiger partial charge >= 0.3 is 5.97 Å². The van der Waals surface area contributed by atoms with E-state index in [0.29, 0.717) is 6.42 Å². The van der Waals surface area contributed by atoms with Crippen molar-refractivity contribution < 1.29 is 19.4 Å². The van der Waals surface area contributed by atoms with Gasteiger partial charge in [-0.15, -0.1) is 0 Å². The lowest BCUT2D eigenvalue weighted by atomic mass is 9.90. The maximum atomic E-state index is 11.1. The van der Waals surface area contributed by atoms with Gasteiger partial charge in [0.15, 0.2) is 5.78 Å². The molecule has 4 heteroatoms. The number of ketones is 1. The molecular weight excluding hydrogens is 160 g/mol. The minimum Gasteiger partial charge on any atom is -0.466 e. The Morgan fingerprint density at radius 1 is 1.75 bits per heavy atom. The van der Waals surface area contributed by atoms with E-state index in [1.165, 1.54) is 6.08 Å². The number of ether oxygens (including phenoxy) is 1. The van der Waals surface area contributed by atoms with Crippen molar-refractivity contribution in [2.45, 2.75) is 18.4 Å². The van der Waals surface area contributed by atoms with E-state index < -0.39 is 17.4 Å². The van der Waals surface area contributed by atoms with Crippen molar-refractivity contribution in [3.63, 3.8) is 0 Å². The van der Waals surface area contributed by atoms with Gasteiger partial charge < -0.3 is 9.84 Å². The number of hydrogen-bond acceptors (Lipinski definition) is 4. The third-order valence-corrected chi connectivity index (χ3v) is 1.82. The van der Waals surface area contributed by atoms with Gasteiger partial charge in [0, 0.05) is 6.42 Å². The molecule has 0 heterocycles. The smallest absolute Gasteiger partial charge is 0.349 e. The molecule has 1 N–H and O–H groups in total. The van der Waals surface area contributed by atoms with Crippen molar-refractivity contribution in [2.75, 3.05) is 7.11 Å². The van der Waals surface area contributed by atoms with E-state index in [0.717, 1.165) is 7.11 Å². The second-order valence-electron chi connectivity index (χ2n) is 2.62. The molecule has 1 atom stereocenters. The quantitative estimate of drug-likeness (QED) is 0.336. The van der Waals surface area contributed by atoms with Crippen molar-refractivity contribution in [1.82, 2.24) is 0 Å². The van der Waals surface area contributed by atoms with Crippen LogP contribution in [-0.2, 0) is 14.3 Å². The highest BCUT2D eigenvalue weighted by molar-refractivity contribution is 6.09. The average Bonchev–Trinajstić information content (AvgIpc) is 2.09. The Morgan fingerprint density at radius 2 is 2.42 bits per heavy atom. The summed E-state index contributed by atoms with van der Waals surface area (Å²) in [7, 11) is 1.13. The molecule has 1 aliphatic rings. The van der Waals surface area contributed by atoms with Crippen LogP contribution >= 0.6 is 0 Å². The molecule has 0 aromatic rings. The maximum absolute atomic E-state index is 11.1. The zero-order valence-electron chi connectivity index (χ0n) is 6.74. The molecule has 1 aliphatic carbocycles. The number of carbonyl (C=O) groups excluding carboxylic acids is 2. The van der Waals surface area contributed by atoms with Crippen LogP contribution in [0.15, 0.2) is 12.2 Å². The molecule has 0 fully saturated rings. The van der Waals surface area contributed by atoms with Crippen LogP contribution in [0.4, 0.5) is 0 Å². The Bertz CT molecular complexity index is 243. The zero-order valence-corrected chi connectivity index (χ0v) is 6.74. The SMILES string of the molecule is COC(=O)C1(O)C=CCCC1=O. The predicted molar refractivity (Wildman–Crippen MR) is 40.3 cm³/mol. The molecule has 12 heavy (non-hydrogen) atoms. The van der Waals surface area contributed by atoms with E-state index in [4.69, 9.17) is 0 Å². The fourth-order valence-corrected chi connectivity index (χ4v) is 1.09. The molecule has 0 bridgehead atoms. The van der Waals surface area contributed by atoms with Gasteiger partial charge in [0.05, 0.1) is 7.11 Å². The Balaban J connectivity index is 2.94. The molecule has 0 saturated heterocycles. The second kappa shape index (κ2) is 3.06. The van der Waals surface area contributed by atoms with Crippen molar-refractivity contribution in [3.8, 4) is 0 Å². The molecule has 1 unspecified atom stereocenters. The summed E-state index contributed by atoms with van der Waals surface area (Å²) >= 11 is 0. The highest BCUT2D eigenvalue weighted by Gasteiger charge is 2.43. The van der Waals surface area contributed by atoms with Gasteiger partial charge in [0.1, 0.15) is 0 Å². The lowest BCUT2D eigenvalue weighted by molar-refractivity contribution is -0.163. The third-order valence-electron chi connectivity index (χ3n) is 1.82. The maximum Gasteiger partial charge on any atom is 0.349 e. The fourth-order valence-electron chi connectivity index (χ4n) is 1.09. The largest absolute Gasteiger partial charge is 0.466 e. The lowest BCUT2D eigenvalue weighted by Gasteiger charge is -2.22. The summed E-state index contributed by atoms with van der Waals surface area (Å²) in [4.78, 5) is 22.1. The van der Waals surface area contributed by atoms with Gasteiger partial charge in [-0.05, 0) is 12.5 Å². The van der Waals surface area contributed by atoms with Crippen LogP contribution < -0.4 is 0 Å². The van der Waals surface area contributed by atoms with Gasteiger partial charge in [-0.1, -0.05) is 6.08 Å². The summed E-state index contributed by atoms with van der Waals surface area (Å²) in [6, 6.07) is 0. The van der Waals surface area contributed by atoms with E-state index in [1.54, 1.807) is 6.08 Å². The number of carbonyl (C=O) groups is 2. The highest BCUT2D eigenvalue weighted by Crippen LogP contribution is 2.19. The third kappa shape index (κ3) is 1.25. The van der Waals surface area contributed by atoms with E-state index >= 15 is 0 Å². The van der Waals surface area contributed by atoms with Crippen molar-refractivity contribution in [3.05, 3.63) is 12.2 Å². The minimum absolute atomic E-state index is 0.183. The summed E-state index contributed by atoms with van der Waals surface area (Å²) in [6.07, 6.45) is 3.53. The molecule has 0 spiro atoms. The summed E-state index contributed by atoms with van der Waals surface area (Å²) in [5.41, 5.74) is -2.03. The van der Waals surface area contributed by atoms with E-state index in [-0.39, 0.29) is 6.42 Å². The van der Waals surface area contributed by atoms with Gasteiger partial charge in [-0.2, -0.15) is 0 Å². The molecule has 0 radical (unpaired) electrons. The monoisotopic (exact) mass is 170 g/mol. The van der Waals surface area contributed by atoms with Crippen LogP contribution in [-0.4, -0.2) is 29.6 Å². The molecule has 66 valence electrons. The number of rotatable bonds is 1. The number of aliphatic hydroxyl groups is 1. The first-order valence-electron chi connectivity index (χ1n) is 3.63. The van der Waals surface area contributed by atoms with Crippen LogP contribution in [0.3, 0.4) is 0 Å². The van der Waals surface area contributed by atoms with Crippen LogP contribution in [0.1, 0.15) is 12.8 Å². The topological polar surface area (TPSA) is 63.6 Å². The molecule has 0 aliphatic heterocycles. The molecule has 0 amide bonds. The molecule has 0 saturated carbocycles. The number of esters is 1. The summed E-state index contributed by atoms with van der Waals surface area (Å²) < 4.78 is 4.30. The van der Waals surface area contributed by atoms with Crippen molar-refractivity contribution in [1.29, 1.82) is 0 Å². The first-order valence-corrected chi connectivity index (χ1v) is 3.63. The summed E-state index contributed by atoms with van der Waals surface area (Å²) in [6.45, 7) is 0. The zero-order chi connectivity index (χ0) is 9.19. The first-order chi connectivity index (χ1) is 5.61. The van der Waals surface area contributed by atoms with Crippen LogP contribution in [0, 0.1) is 0 Å². The van der Waals surface area contributed by atoms with Gasteiger partial charge in [-0.3, -0.25) is 4.79 Å². The van der Waals surface area contributed by atoms with Crippen LogP contribution in [0.5, 0.6) is 0 Å². The van der Waals surface area contributed by atoms with Gasteiger partial charge in [0.2, 0.25) is 5.60 Å². The predicted octanol–water partition coefficient (Wildman–Crippen LogP) is -0.190. The van der Waals surface area contributed by atoms with E-state index in [2.05, 4.69) is 4.74 Å². The second-order valence-corrected chi connectivity index (χ2v) is 2.62. The molecule has 0 aromatic carbocycles. The highest BCUT2D eigenvalue weighted by atomic mass is 16.5. The summed E-state index contributed by atoms with van der Waals surface area (Å²) in [5, 5.41) is 9.50. The van der Waals surface area contributed by atoms with Gasteiger partial charge in [-0.25, -0.2) is 4.79 Å².